The Morgan fingerprint density at radius 1 is 1.42 bits per heavy atom. The largest absolute Gasteiger partial charge is 0.393 e. The van der Waals surface area contributed by atoms with Crippen LogP contribution >= 0.6 is 11.6 Å². The van der Waals surface area contributed by atoms with Crippen molar-refractivity contribution in [3.63, 3.8) is 0 Å². The van der Waals surface area contributed by atoms with Crippen LogP contribution in [-0.4, -0.2) is 62.9 Å². The van der Waals surface area contributed by atoms with Crippen LogP contribution in [0.1, 0.15) is 35.1 Å². The summed E-state index contributed by atoms with van der Waals surface area (Å²) in [6.45, 7) is 3.86. The van der Waals surface area contributed by atoms with Crippen LogP contribution in [0.2, 0.25) is 5.02 Å². The minimum absolute atomic E-state index is 0.00957. The van der Waals surface area contributed by atoms with Crippen LogP contribution in [0.25, 0.3) is 0 Å². The summed E-state index contributed by atoms with van der Waals surface area (Å²) in [7, 11) is 1.94. The summed E-state index contributed by atoms with van der Waals surface area (Å²) < 4.78 is 15.2. The van der Waals surface area contributed by atoms with Crippen LogP contribution < -0.4 is 5.32 Å². The van der Waals surface area contributed by atoms with E-state index in [1.165, 1.54) is 12.1 Å². The number of imide groups is 1. The maximum Gasteiger partial charge on any atom is 0.328 e. The number of carbonyl (C=O) groups excluding carboxylic acids is 2. The SMILES string of the molecule is CCC(O)C1CN(C)Cc2c3c(nn2C1)CCN(C(=O)Nc1ccc(F)c(Cl)c1)C3=O. The normalized spacial score (nSPS) is 20.1. The number of urea groups is 1. The van der Waals surface area contributed by atoms with Crippen molar-refractivity contribution in [2.24, 2.45) is 5.92 Å². The van der Waals surface area contributed by atoms with Gasteiger partial charge in [0.25, 0.3) is 5.91 Å². The standard InChI is InChI=1S/C21H25ClFN5O3/c1-3-18(29)12-9-26(2)11-17-19-16(25-28(17)10-12)6-7-27(20(19)30)21(31)24-13-4-5-15(23)14(22)8-13/h4-5,8,12,18,29H,3,6-7,9-11H2,1-2H3,(H,24,31). The van der Waals surface area contributed by atoms with Gasteiger partial charge in [-0.15, -0.1) is 0 Å². The lowest BCUT2D eigenvalue weighted by atomic mass is 10.0. The Kier molecular flexibility index (Phi) is 6.00. The molecule has 0 saturated heterocycles. The van der Waals surface area contributed by atoms with Crippen molar-refractivity contribution in [1.29, 1.82) is 0 Å². The van der Waals surface area contributed by atoms with Gasteiger partial charge in [-0.25, -0.2) is 9.18 Å². The Balaban J connectivity index is 1.58. The molecule has 10 heteroatoms. The fourth-order valence-corrected chi connectivity index (χ4v) is 4.46. The molecule has 166 valence electrons. The van der Waals surface area contributed by atoms with Crippen LogP contribution in [0.4, 0.5) is 14.9 Å². The number of aromatic nitrogens is 2. The summed E-state index contributed by atoms with van der Waals surface area (Å²) in [6, 6.07) is 3.25. The van der Waals surface area contributed by atoms with Gasteiger partial charge in [0.1, 0.15) is 5.82 Å². The van der Waals surface area contributed by atoms with Gasteiger partial charge in [-0.3, -0.25) is 14.4 Å². The van der Waals surface area contributed by atoms with Crippen LogP contribution in [0.5, 0.6) is 0 Å². The van der Waals surface area contributed by atoms with Crippen molar-refractivity contribution in [2.45, 2.75) is 39.0 Å². The number of anilines is 1. The van der Waals surface area contributed by atoms with Crippen LogP contribution in [0.15, 0.2) is 18.2 Å². The number of halogens is 2. The van der Waals surface area contributed by atoms with Gasteiger partial charge in [-0.2, -0.15) is 5.10 Å². The number of aliphatic hydroxyl groups is 1. The molecule has 4 rings (SSSR count). The topological polar surface area (TPSA) is 90.7 Å². The number of nitrogens with zero attached hydrogens (tertiary/aromatic N) is 4. The zero-order chi connectivity index (χ0) is 22.3. The van der Waals surface area contributed by atoms with E-state index < -0.39 is 23.9 Å². The van der Waals surface area contributed by atoms with Gasteiger partial charge < -0.3 is 15.3 Å². The molecule has 0 aliphatic carbocycles. The van der Waals surface area contributed by atoms with Crippen molar-refractivity contribution in [3.05, 3.63) is 46.0 Å². The van der Waals surface area contributed by atoms with E-state index in [0.29, 0.717) is 49.4 Å². The fourth-order valence-electron chi connectivity index (χ4n) is 4.28. The summed E-state index contributed by atoms with van der Waals surface area (Å²) in [4.78, 5) is 29.2. The zero-order valence-electron chi connectivity index (χ0n) is 17.4. The number of amides is 3. The highest BCUT2D eigenvalue weighted by atomic mass is 35.5. The van der Waals surface area contributed by atoms with E-state index in [-0.39, 0.29) is 17.5 Å². The van der Waals surface area contributed by atoms with Crippen molar-refractivity contribution in [2.75, 3.05) is 25.5 Å². The zero-order valence-corrected chi connectivity index (χ0v) is 18.2. The molecule has 2 unspecified atom stereocenters. The lowest BCUT2D eigenvalue weighted by Crippen LogP contribution is -2.44. The lowest BCUT2D eigenvalue weighted by Gasteiger charge is -2.26. The van der Waals surface area contributed by atoms with Gasteiger partial charge in [0.2, 0.25) is 0 Å². The molecule has 3 amide bonds. The number of nitrogens with one attached hydrogen (secondary N) is 1. The first-order valence-corrected chi connectivity index (χ1v) is 10.7. The maximum atomic E-state index is 13.4. The van der Waals surface area contributed by atoms with Crippen LogP contribution in [0.3, 0.4) is 0 Å². The number of fused-ring (bicyclic) bond motifs is 3. The molecule has 1 aromatic heterocycles. The molecular formula is C21H25ClFN5O3. The smallest absolute Gasteiger partial charge is 0.328 e. The molecule has 2 aromatic rings. The number of carbonyl (C=O) groups is 2. The van der Waals surface area contributed by atoms with Gasteiger partial charge in [-0.1, -0.05) is 18.5 Å². The Morgan fingerprint density at radius 2 is 2.19 bits per heavy atom. The van der Waals surface area contributed by atoms with Crippen molar-refractivity contribution >= 4 is 29.2 Å². The van der Waals surface area contributed by atoms with E-state index in [9.17, 15) is 19.1 Å². The summed E-state index contributed by atoms with van der Waals surface area (Å²) >= 11 is 5.78. The molecule has 0 bridgehead atoms. The second-order valence-electron chi connectivity index (χ2n) is 8.15. The third kappa shape index (κ3) is 4.17. The molecule has 2 atom stereocenters. The highest BCUT2D eigenvalue weighted by Gasteiger charge is 2.37. The Labute approximate surface area is 184 Å². The maximum absolute atomic E-state index is 13.4. The molecule has 31 heavy (non-hydrogen) atoms. The van der Waals surface area contributed by atoms with Gasteiger partial charge in [0.15, 0.2) is 0 Å². The molecular weight excluding hydrogens is 425 g/mol. The summed E-state index contributed by atoms with van der Waals surface area (Å²) in [5.74, 6) is -0.983. The third-order valence-corrected chi connectivity index (χ3v) is 6.20. The quantitative estimate of drug-likeness (QED) is 0.752. The van der Waals surface area contributed by atoms with Crippen molar-refractivity contribution in [3.8, 4) is 0 Å². The molecule has 0 radical (unpaired) electrons. The first-order valence-electron chi connectivity index (χ1n) is 10.3. The first-order chi connectivity index (χ1) is 14.8. The average molecular weight is 450 g/mol. The molecule has 8 nitrogen and oxygen atoms in total. The molecule has 0 spiro atoms. The Morgan fingerprint density at radius 3 is 2.90 bits per heavy atom. The highest BCUT2D eigenvalue weighted by Crippen LogP contribution is 2.28. The third-order valence-electron chi connectivity index (χ3n) is 5.91. The predicted molar refractivity (Wildman–Crippen MR) is 114 cm³/mol. The molecule has 2 aliphatic rings. The minimum atomic E-state index is -0.598. The van der Waals surface area contributed by atoms with Crippen LogP contribution in [0, 0.1) is 11.7 Å². The van der Waals surface area contributed by atoms with Crippen molar-refractivity contribution in [1.82, 2.24) is 19.6 Å². The van der Waals surface area contributed by atoms with Crippen LogP contribution in [-0.2, 0) is 19.5 Å². The summed E-state index contributed by atoms with van der Waals surface area (Å²) in [5, 5.41) is 17.5. The molecule has 0 saturated carbocycles. The molecule has 2 aliphatic heterocycles. The van der Waals surface area contributed by atoms with E-state index >= 15 is 0 Å². The lowest BCUT2D eigenvalue weighted by molar-refractivity contribution is 0.0752. The van der Waals surface area contributed by atoms with Crippen molar-refractivity contribution < 1.29 is 19.1 Å². The molecule has 2 N–H and O–H groups in total. The first kappa shape index (κ1) is 21.7. The van der Waals surface area contributed by atoms with Gasteiger partial charge in [-0.05, 0) is 31.7 Å². The average Bonchev–Trinajstić information content (AvgIpc) is 2.98. The van der Waals surface area contributed by atoms with Gasteiger partial charge >= 0.3 is 6.03 Å². The van der Waals surface area contributed by atoms with E-state index in [2.05, 4.69) is 15.3 Å². The predicted octanol–water partition coefficient (Wildman–Crippen LogP) is 2.74. The summed E-state index contributed by atoms with van der Waals surface area (Å²) in [6.07, 6.45) is 0.647. The second-order valence-corrected chi connectivity index (χ2v) is 8.56. The van der Waals surface area contributed by atoms with Gasteiger partial charge in [0.05, 0.1) is 28.1 Å². The second kappa shape index (κ2) is 8.57. The molecule has 0 fully saturated rings. The Hall–Kier alpha value is -2.49. The van der Waals surface area contributed by atoms with E-state index in [4.69, 9.17) is 11.6 Å². The Bertz CT molecular complexity index is 1030. The van der Waals surface area contributed by atoms with E-state index in [1.807, 2.05) is 18.7 Å². The summed E-state index contributed by atoms with van der Waals surface area (Å²) in [5.41, 5.74) is 2.20. The molecule has 1 aromatic carbocycles. The number of rotatable bonds is 3. The van der Waals surface area contributed by atoms with E-state index in [0.717, 1.165) is 16.7 Å². The number of hydrogen-bond acceptors (Lipinski definition) is 5. The number of benzene rings is 1. The van der Waals surface area contributed by atoms with E-state index in [1.54, 1.807) is 0 Å². The highest BCUT2D eigenvalue weighted by molar-refractivity contribution is 6.31. The number of aliphatic hydroxyl groups excluding tert-OH is 1. The minimum Gasteiger partial charge on any atom is -0.393 e. The van der Waals surface area contributed by atoms with Gasteiger partial charge in [0, 0.05) is 44.2 Å². The fraction of sp³-hybridized carbons (Fsp3) is 0.476. The number of hydrogen-bond donors (Lipinski definition) is 2. The monoisotopic (exact) mass is 449 g/mol. The molecule has 3 heterocycles.